The highest BCUT2D eigenvalue weighted by Gasteiger charge is 2.17. The molecule has 0 bridgehead atoms. The molecule has 4 nitrogen and oxygen atoms in total. The van der Waals surface area contributed by atoms with E-state index in [-0.39, 0.29) is 18.5 Å². The van der Waals surface area contributed by atoms with Gasteiger partial charge in [-0.25, -0.2) is 8.78 Å². The van der Waals surface area contributed by atoms with Gasteiger partial charge in [0, 0.05) is 6.54 Å². The quantitative estimate of drug-likeness (QED) is 0.789. The molecule has 1 heterocycles. The molecule has 0 spiro atoms. The Morgan fingerprint density at radius 3 is 2.75 bits per heavy atom. The molecule has 0 aliphatic heterocycles. The predicted octanol–water partition coefficient (Wildman–Crippen LogP) is 1.19. The fraction of sp³-hybridized carbons (Fsp3) is 0.400. The number of ether oxygens (including phenoxy) is 1. The molecule has 88 valence electrons. The number of rotatable bonds is 4. The van der Waals surface area contributed by atoms with E-state index in [9.17, 15) is 13.6 Å². The molecule has 6 heteroatoms. The van der Waals surface area contributed by atoms with E-state index in [0.29, 0.717) is 5.69 Å². The second kappa shape index (κ2) is 5.50. The number of carbonyl (C=O) groups excluding carboxylic acids is 1. The SMILES string of the molecule is COC(=O)Cc1ccc(CN)nc1C(F)F. The first kappa shape index (κ1) is 12.5. The molecule has 0 unspecified atom stereocenters. The third-order valence-electron chi connectivity index (χ3n) is 2.05. The smallest absolute Gasteiger partial charge is 0.310 e. The average Bonchev–Trinajstić information content (AvgIpc) is 2.29. The normalized spacial score (nSPS) is 10.6. The lowest BCUT2D eigenvalue weighted by Crippen LogP contribution is -2.10. The first-order chi connectivity index (χ1) is 7.58. The van der Waals surface area contributed by atoms with Crippen molar-refractivity contribution in [1.29, 1.82) is 0 Å². The molecule has 2 N–H and O–H groups in total. The molecule has 0 aliphatic rings. The van der Waals surface area contributed by atoms with Crippen molar-refractivity contribution < 1.29 is 18.3 Å². The monoisotopic (exact) mass is 230 g/mol. The van der Waals surface area contributed by atoms with Crippen molar-refractivity contribution >= 4 is 5.97 Å². The molecule has 0 saturated carbocycles. The molecule has 16 heavy (non-hydrogen) atoms. The van der Waals surface area contributed by atoms with Crippen LogP contribution in [0.5, 0.6) is 0 Å². The van der Waals surface area contributed by atoms with Gasteiger partial charge in [-0.05, 0) is 11.6 Å². The van der Waals surface area contributed by atoms with E-state index in [1.807, 2.05) is 0 Å². The van der Waals surface area contributed by atoms with Gasteiger partial charge in [0.1, 0.15) is 5.69 Å². The van der Waals surface area contributed by atoms with Crippen molar-refractivity contribution in [2.24, 2.45) is 5.73 Å². The fourth-order valence-corrected chi connectivity index (χ4v) is 1.23. The van der Waals surface area contributed by atoms with Gasteiger partial charge < -0.3 is 10.5 Å². The van der Waals surface area contributed by atoms with Crippen molar-refractivity contribution in [3.63, 3.8) is 0 Å². The minimum atomic E-state index is -2.73. The molecule has 0 atom stereocenters. The lowest BCUT2D eigenvalue weighted by atomic mass is 10.1. The topological polar surface area (TPSA) is 65.2 Å². The molecular formula is C10H12F2N2O2. The first-order valence-electron chi connectivity index (χ1n) is 4.62. The van der Waals surface area contributed by atoms with Crippen molar-refractivity contribution in [2.45, 2.75) is 19.4 Å². The largest absolute Gasteiger partial charge is 0.469 e. The number of alkyl halides is 2. The Morgan fingerprint density at radius 2 is 2.25 bits per heavy atom. The molecular weight excluding hydrogens is 218 g/mol. The van der Waals surface area contributed by atoms with Crippen LogP contribution in [0.1, 0.15) is 23.4 Å². The predicted molar refractivity (Wildman–Crippen MR) is 52.8 cm³/mol. The summed E-state index contributed by atoms with van der Waals surface area (Å²) in [5.74, 6) is -0.579. The number of hydrogen-bond donors (Lipinski definition) is 1. The van der Waals surface area contributed by atoms with Gasteiger partial charge in [0.05, 0.1) is 19.2 Å². The summed E-state index contributed by atoms with van der Waals surface area (Å²) in [7, 11) is 1.20. The number of halogens is 2. The van der Waals surface area contributed by atoms with Crippen molar-refractivity contribution in [2.75, 3.05) is 7.11 Å². The Kier molecular flexibility index (Phi) is 4.30. The van der Waals surface area contributed by atoms with Gasteiger partial charge >= 0.3 is 5.97 Å². The van der Waals surface area contributed by atoms with Gasteiger partial charge in [-0.3, -0.25) is 9.78 Å². The minimum Gasteiger partial charge on any atom is -0.469 e. The lowest BCUT2D eigenvalue weighted by Gasteiger charge is -2.08. The maximum absolute atomic E-state index is 12.6. The van der Waals surface area contributed by atoms with E-state index in [0.717, 1.165) is 0 Å². The molecule has 0 amide bonds. The molecule has 1 aromatic rings. The van der Waals surface area contributed by atoms with Crippen LogP contribution >= 0.6 is 0 Å². The number of nitrogens with zero attached hydrogens (tertiary/aromatic N) is 1. The number of pyridine rings is 1. The van der Waals surface area contributed by atoms with Gasteiger partial charge in [0.25, 0.3) is 6.43 Å². The number of aromatic nitrogens is 1. The summed E-state index contributed by atoms with van der Waals surface area (Å²) < 4.78 is 29.7. The number of carbonyl (C=O) groups is 1. The highest BCUT2D eigenvalue weighted by molar-refractivity contribution is 5.72. The second-order valence-electron chi connectivity index (χ2n) is 3.10. The minimum absolute atomic E-state index is 0.0816. The molecule has 1 rings (SSSR count). The number of methoxy groups -OCH3 is 1. The number of esters is 1. The molecule has 1 aromatic heterocycles. The van der Waals surface area contributed by atoms with Gasteiger partial charge in [-0.2, -0.15) is 0 Å². The highest BCUT2D eigenvalue weighted by Crippen LogP contribution is 2.21. The third kappa shape index (κ3) is 2.96. The summed E-state index contributed by atoms with van der Waals surface area (Å²) in [6, 6.07) is 2.94. The van der Waals surface area contributed by atoms with Gasteiger partial charge in [-0.1, -0.05) is 6.07 Å². The maximum atomic E-state index is 12.6. The zero-order valence-corrected chi connectivity index (χ0v) is 8.74. The standard InChI is InChI=1S/C10H12F2N2O2/c1-16-8(15)4-6-2-3-7(5-13)14-9(6)10(11)12/h2-3,10H,4-5,13H2,1H3. The summed E-state index contributed by atoms with van der Waals surface area (Å²) in [5.41, 5.74) is 5.42. The van der Waals surface area contributed by atoms with Crippen LogP contribution in [0.3, 0.4) is 0 Å². The summed E-state index contributed by atoms with van der Waals surface area (Å²) in [4.78, 5) is 14.7. The van der Waals surface area contributed by atoms with E-state index in [1.54, 1.807) is 0 Å². The van der Waals surface area contributed by atoms with Gasteiger partial charge in [-0.15, -0.1) is 0 Å². The summed E-state index contributed by atoms with van der Waals surface area (Å²) in [5, 5.41) is 0. The van der Waals surface area contributed by atoms with Gasteiger partial charge in [0.15, 0.2) is 0 Å². The van der Waals surface area contributed by atoms with Crippen LogP contribution in [0.15, 0.2) is 12.1 Å². The van der Waals surface area contributed by atoms with Crippen molar-refractivity contribution in [1.82, 2.24) is 4.98 Å². The Labute approximate surface area is 91.4 Å². The van der Waals surface area contributed by atoms with Crippen LogP contribution in [0.25, 0.3) is 0 Å². The van der Waals surface area contributed by atoms with E-state index in [4.69, 9.17) is 5.73 Å². The zero-order chi connectivity index (χ0) is 12.1. The highest BCUT2D eigenvalue weighted by atomic mass is 19.3. The Morgan fingerprint density at radius 1 is 1.56 bits per heavy atom. The summed E-state index contributed by atoms with van der Waals surface area (Å²) in [6.45, 7) is 0.0816. The first-order valence-corrected chi connectivity index (χ1v) is 4.62. The van der Waals surface area contributed by atoms with E-state index in [1.165, 1.54) is 19.2 Å². The van der Waals surface area contributed by atoms with E-state index < -0.39 is 18.1 Å². The Hall–Kier alpha value is -1.56. The second-order valence-corrected chi connectivity index (χ2v) is 3.10. The Balaban J connectivity index is 3.03. The Bertz CT molecular complexity index is 383. The molecule has 0 radical (unpaired) electrons. The van der Waals surface area contributed by atoms with Crippen LogP contribution < -0.4 is 5.73 Å². The maximum Gasteiger partial charge on any atom is 0.310 e. The third-order valence-corrected chi connectivity index (χ3v) is 2.05. The van der Waals surface area contributed by atoms with Crippen LogP contribution in [0.2, 0.25) is 0 Å². The fourth-order valence-electron chi connectivity index (χ4n) is 1.23. The molecule has 0 aliphatic carbocycles. The van der Waals surface area contributed by atoms with Crippen LogP contribution in [0, 0.1) is 0 Å². The molecule has 0 fully saturated rings. The van der Waals surface area contributed by atoms with Crippen molar-refractivity contribution in [3.05, 3.63) is 29.1 Å². The molecule has 0 saturated heterocycles. The van der Waals surface area contributed by atoms with Crippen LogP contribution in [-0.4, -0.2) is 18.1 Å². The lowest BCUT2D eigenvalue weighted by molar-refractivity contribution is -0.139. The summed E-state index contributed by atoms with van der Waals surface area (Å²) in [6.07, 6.45) is -2.94. The van der Waals surface area contributed by atoms with E-state index in [2.05, 4.69) is 9.72 Å². The average molecular weight is 230 g/mol. The van der Waals surface area contributed by atoms with Crippen molar-refractivity contribution in [3.8, 4) is 0 Å². The number of hydrogen-bond acceptors (Lipinski definition) is 4. The summed E-state index contributed by atoms with van der Waals surface area (Å²) >= 11 is 0. The zero-order valence-electron chi connectivity index (χ0n) is 8.74. The van der Waals surface area contributed by atoms with Gasteiger partial charge in [0.2, 0.25) is 0 Å². The molecule has 0 aromatic carbocycles. The van der Waals surface area contributed by atoms with Crippen LogP contribution in [-0.2, 0) is 22.5 Å². The van der Waals surface area contributed by atoms with Crippen LogP contribution in [0.4, 0.5) is 8.78 Å². The number of nitrogens with two attached hydrogens (primary N) is 1. The van der Waals surface area contributed by atoms with E-state index >= 15 is 0 Å².